The van der Waals surface area contributed by atoms with Gasteiger partial charge in [0, 0.05) is 32.4 Å². The summed E-state index contributed by atoms with van der Waals surface area (Å²) in [5.41, 5.74) is 2.14. The van der Waals surface area contributed by atoms with E-state index in [1.54, 1.807) is 13.2 Å². The summed E-state index contributed by atoms with van der Waals surface area (Å²) >= 11 is 0. The number of ether oxygens (including phenoxy) is 3. The van der Waals surface area contributed by atoms with Gasteiger partial charge in [0.2, 0.25) is 12.7 Å². The first-order chi connectivity index (χ1) is 12.6. The van der Waals surface area contributed by atoms with Gasteiger partial charge in [0.05, 0.1) is 6.10 Å². The van der Waals surface area contributed by atoms with Gasteiger partial charge in [-0.05, 0) is 37.1 Å². The molecule has 1 aromatic heterocycles. The fourth-order valence-electron chi connectivity index (χ4n) is 2.47. The van der Waals surface area contributed by atoms with Crippen LogP contribution in [0, 0.1) is 0 Å². The Morgan fingerprint density at radius 2 is 1.81 bits per heavy atom. The van der Waals surface area contributed by atoms with E-state index in [-0.39, 0.29) is 36.9 Å². The molecule has 0 amide bonds. The van der Waals surface area contributed by atoms with Gasteiger partial charge in [-0.15, -0.1) is 24.0 Å². The van der Waals surface area contributed by atoms with E-state index in [0.29, 0.717) is 24.9 Å². The van der Waals surface area contributed by atoms with Crippen LogP contribution in [0.2, 0.25) is 0 Å². The maximum atomic E-state index is 5.55. The van der Waals surface area contributed by atoms with E-state index in [2.05, 4.69) is 20.6 Å². The molecule has 0 radical (unpaired) electrons. The number of rotatable bonds is 6. The molecule has 3 rings (SSSR count). The van der Waals surface area contributed by atoms with Crippen LogP contribution in [-0.4, -0.2) is 30.9 Å². The zero-order chi connectivity index (χ0) is 18.4. The number of pyridine rings is 1. The molecular weight excluding hydrogens is 459 g/mol. The van der Waals surface area contributed by atoms with Crippen LogP contribution in [0.5, 0.6) is 17.4 Å². The Hall–Kier alpha value is -2.23. The number of hydrogen-bond donors (Lipinski definition) is 2. The standard InChI is InChI=1S/C19H24N4O3.HI/c1-13(2)26-18-7-5-15(10-21-18)11-23-19(20-3)22-9-14-4-6-16-17(8-14)25-12-24-16;/h4-8,10,13H,9,11-12H2,1-3H3,(H2,20,22,23);1H. The van der Waals surface area contributed by atoms with Crippen LogP contribution in [0.15, 0.2) is 41.5 Å². The summed E-state index contributed by atoms with van der Waals surface area (Å²) in [6.45, 7) is 5.50. The SMILES string of the molecule is CN=C(NCc1ccc(OC(C)C)nc1)NCc1ccc2c(c1)OCO2.I. The van der Waals surface area contributed by atoms with Gasteiger partial charge in [-0.25, -0.2) is 4.98 Å². The minimum absolute atomic E-state index is 0. The van der Waals surface area contributed by atoms with Crippen LogP contribution in [0.4, 0.5) is 0 Å². The molecule has 8 heteroatoms. The largest absolute Gasteiger partial charge is 0.475 e. The molecule has 0 atom stereocenters. The third-order valence-corrected chi connectivity index (χ3v) is 3.73. The molecule has 0 unspecified atom stereocenters. The molecule has 0 bridgehead atoms. The lowest BCUT2D eigenvalue weighted by atomic mass is 10.2. The summed E-state index contributed by atoms with van der Waals surface area (Å²) in [6, 6.07) is 9.76. The summed E-state index contributed by atoms with van der Waals surface area (Å²) in [5.74, 6) is 2.91. The number of hydrogen-bond acceptors (Lipinski definition) is 5. The molecule has 1 aromatic carbocycles. The Labute approximate surface area is 176 Å². The fourth-order valence-corrected chi connectivity index (χ4v) is 2.47. The molecule has 0 saturated heterocycles. The number of aliphatic imine (C=N–C) groups is 1. The van der Waals surface area contributed by atoms with Crippen LogP contribution in [0.3, 0.4) is 0 Å². The molecule has 2 heterocycles. The van der Waals surface area contributed by atoms with Crippen molar-refractivity contribution in [2.75, 3.05) is 13.8 Å². The number of nitrogens with zero attached hydrogens (tertiary/aromatic N) is 2. The highest BCUT2D eigenvalue weighted by molar-refractivity contribution is 14.0. The van der Waals surface area contributed by atoms with Crippen molar-refractivity contribution in [2.24, 2.45) is 4.99 Å². The summed E-state index contributed by atoms with van der Waals surface area (Å²) in [4.78, 5) is 8.54. The van der Waals surface area contributed by atoms with Crippen LogP contribution in [0.25, 0.3) is 0 Å². The van der Waals surface area contributed by atoms with Gasteiger partial charge < -0.3 is 24.8 Å². The predicted octanol–water partition coefficient (Wildman–Crippen LogP) is 3.08. The summed E-state index contributed by atoms with van der Waals surface area (Å²) in [5, 5.41) is 6.55. The van der Waals surface area contributed by atoms with E-state index in [9.17, 15) is 0 Å². The van der Waals surface area contributed by atoms with Crippen molar-refractivity contribution >= 4 is 29.9 Å². The molecule has 0 aliphatic carbocycles. The number of guanidine groups is 1. The molecular formula is C19H25IN4O3. The maximum absolute atomic E-state index is 5.55. The molecule has 2 aromatic rings. The Morgan fingerprint density at radius 3 is 2.48 bits per heavy atom. The molecule has 0 spiro atoms. The van der Waals surface area contributed by atoms with Crippen molar-refractivity contribution in [1.82, 2.24) is 15.6 Å². The Kier molecular flexibility index (Phi) is 7.96. The molecule has 146 valence electrons. The van der Waals surface area contributed by atoms with Crippen LogP contribution < -0.4 is 24.8 Å². The van der Waals surface area contributed by atoms with Gasteiger partial charge in [0.1, 0.15) is 0 Å². The van der Waals surface area contributed by atoms with Crippen molar-refractivity contribution < 1.29 is 14.2 Å². The van der Waals surface area contributed by atoms with Crippen molar-refractivity contribution in [2.45, 2.75) is 33.0 Å². The highest BCUT2D eigenvalue weighted by Gasteiger charge is 2.13. The first-order valence-corrected chi connectivity index (χ1v) is 8.58. The second-order valence-electron chi connectivity index (χ2n) is 6.14. The minimum Gasteiger partial charge on any atom is -0.475 e. The van der Waals surface area contributed by atoms with Crippen molar-refractivity contribution in [3.8, 4) is 17.4 Å². The lowest BCUT2D eigenvalue weighted by Crippen LogP contribution is -2.36. The molecule has 2 N–H and O–H groups in total. The van der Waals surface area contributed by atoms with Crippen LogP contribution in [0.1, 0.15) is 25.0 Å². The predicted molar refractivity (Wildman–Crippen MR) is 115 cm³/mol. The molecule has 0 fully saturated rings. The second kappa shape index (κ2) is 10.2. The third kappa shape index (κ3) is 6.16. The molecule has 1 aliphatic heterocycles. The molecule has 0 saturated carbocycles. The summed E-state index contributed by atoms with van der Waals surface area (Å²) in [7, 11) is 1.74. The highest BCUT2D eigenvalue weighted by Crippen LogP contribution is 2.32. The first-order valence-electron chi connectivity index (χ1n) is 8.58. The number of benzene rings is 1. The molecule has 7 nitrogen and oxygen atoms in total. The topological polar surface area (TPSA) is 77.0 Å². The zero-order valence-corrected chi connectivity index (χ0v) is 18.0. The Bertz CT molecular complexity index is 766. The number of aromatic nitrogens is 1. The average molecular weight is 484 g/mol. The van der Waals surface area contributed by atoms with Crippen molar-refractivity contribution in [1.29, 1.82) is 0 Å². The van der Waals surface area contributed by atoms with Crippen LogP contribution in [-0.2, 0) is 13.1 Å². The molecule has 1 aliphatic rings. The van der Waals surface area contributed by atoms with Gasteiger partial charge in [-0.1, -0.05) is 12.1 Å². The van der Waals surface area contributed by atoms with E-state index in [0.717, 1.165) is 22.6 Å². The average Bonchev–Trinajstić information content (AvgIpc) is 3.10. The van der Waals surface area contributed by atoms with Gasteiger partial charge in [0.15, 0.2) is 17.5 Å². The van der Waals surface area contributed by atoms with E-state index in [1.165, 1.54) is 0 Å². The van der Waals surface area contributed by atoms with E-state index in [1.807, 2.05) is 44.2 Å². The number of fused-ring (bicyclic) bond motifs is 1. The van der Waals surface area contributed by atoms with E-state index >= 15 is 0 Å². The van der Waals surface area contributed by atoms with Crippen molar-refractivity contribution in [3.05, 3.63) is 47.7 Å². The minimum atomic E-state index is 0. The van der Waals surface area contributed by atoms with E-state index < -0.39 is 0 Å². The second-order valence-corrected chi connectivity index (χ2v) is 6.14. The first kappa shape index (κ1) is 21.1. The van der Waals surface area contributed by atoms with Crippen LogP contribution >= 0.6 is 24.0 Å². The van der Waals surface area contributed by atoms with E-state index in [4.69, 9.17) is 14.2 Å². The smallest absolute Gasteiger partial charge is 0.231 e. The van der Waals surface area contributed by atoms with Gasteiger partial charge in [-0.3, -0.25) is 4.99 Å². The highest BCUT2D eigenvalue weighted by atomic mass is 127. The number of nitrogens with one attached hydrogen (secondary N) is 2. The van der Waals surface area contributed by atoms with Gasteiger partial charge in [0.25, 0.3) is 0 Å². The van der Waals surface area contributed by atoms with Gasteiger partial charge in [-0.2, -0.15) is 0 Å². The quantitative estimate of drug-likeness (QED) is 0.373. The van der Waals surface area contributed by atoms with Gasteiger partial charge >= 0.3 is 0 Å². The fraction of sp³-hybridized carbons (Fsp3) is 0.368. The molecule has 27 heavy (non-hydrogen) atoms. The summed E-state index contributed by atoms with van der Waals surface area (Å²) < 4.78 is 16.3. The Balaban J connectivity index is 0.00000261. The lowest BCUT2D eigenvalue weighted by molar-refractivity contribution is 0.174. The number of halogens is 1. The van der Waals surface area contributed by atoms with Crippen molar-refractivity contribution in [3.63, 3.8) is 0 Å². The third-order valence-electron chi connectivity index (χ3n) is 3.73. The Morgan fingerprint density at radius 1 is 1.11 bits per heavy atom. The monoisotopic (exact) mass is 484 g/mol. The zero-order valence-electron chi connectivity index (χ0n) is 15.7. The maximum Gasteiger partial charge on any atom is 0.231 e. The normalized spacial score (nSPS) is 12.5. The summed E-state index contributed by atoms with van der Waals surface area (Å²) in [6.07, 6.45) is 1.92. The lowest BCUT2D eigenvalue weighted by Gasteiger charge is -2.13.